The second kappa shape index (κ2) is 7.14. The Kier molecular flexibility index (Phi) is 4.86. The van der Waals surface area contributed by atoms with Crippen molar-refractivity contribution in [3.8, 4) is 0 Å². The van der Waals surface area contributed by atoms with Crippen molar-refractivity contribution < 1.29 is 9.53 Å². The number of likely N-dealkylation sites (tertiary alicyclic amines) is 1. The first-order valence-electron chi connectivity index (χ1n) is 10.0. The molecule has 2 fully saturated rings. The van der Waals surface area contributed by atoms with E-state index in [9.17, 15) is 4.79 Å². The van der Waals surface area contributed by atoms with Gasteiger partial charge in [0.1, 0.15) is 0 Å². The van der Waals surface area contributed by atoms with Crippen molar-refractivity contribution in [3.05, 3.63) is 17.5 Å². The maximum atomic E-state index is 12.6. The summed E-state index contributed by atoms with van der Waals surface area (Å²) in [5, 5.41) is 3.39. The van der Waals surface area contributed by atoms with E-state index in [2.05, 4.69) is 24.1 Å². The first kappa shape index (κ1) is 17.7. The van der Waals surface area contributed by atoms with Gasteiger partial charge >= 0.3 is 0 Å². The van der Waals surface area contributed by atoms with Crippen LogP contribution in [0, 0.1) is 11.8 Å². The zero-order valence-corrected chi connectivity index (χ0v) is 16.0. The largest absolute Gasteiger partial charge is 0.376 e. The summed E-state index contributed by atoms with van der Waals surface area (Å²) in [6.45, 7) is 8.02. The van der Waals surface area contributed by atoms with Gasteiger partial charge in [-0.25, -0.2) is 9.97 Å². The number of nitrogens with zero attached hydrogens (tertiary/aromatic N) is 3. The molecule has 1 amide bonds. The number of fused-ring (bicyclic) bond motifs is 2. The van der Waals surface area contributed by atoms with Gasteiger partial charge < -0.3 is 15.0 Å². The maximum Gasteiger partial charge on any atom is 0.222 e. The molecule has 2 aliphatic heterocycles. The minimum Gasteiger partial charge on any atom is -0.376 e. The standard InChI is InChI=1S/C20H30N4O2/c1-14(2)3-6-17(25)24-8-7-20(12-24)13-26-11-16-10-22-19(23-18(16)20)21-9-15-4-5-15/h10,14-15H,3-9,11-13H2,1-2H3,(H,21,22,23)/t20-/m0/s1. The number of carbonyl (C=O) groups excluding carboxylic acids is 1. The third-order valence-corrected chi connectivity index (χ3v) is 5.89. The quantitative estimate of drug-likeness (QED) is 0.847. The van der Waals surface area contributed by atoms with E-state index in [-0.39, 0.29) is 11.3 Å². The Bertz CT molecular complexity index is 674. The number of rotatable bonds is 6. The lowest BCUT2D eigenvalue weighted by molar-refractivity contribution is -0.130. The van der Waals surface area contributed by atoms with Crippen LogP contribution in [0.4, 0.5) is 5.95 Å². The van der Waals surface area contributed by atoms with Gasteiger partial charge in [0.15, 0.2) is 0 Å². The van der Waals surface area contributed by atoms with Gasteiger partial charge in [0.05, 0.1) is 24.3 Å². The molecule has 1 spiro atoms. The smallest absolute Gasteiger partial charge is 0.222 e. The molecule has 0 radical (unpaired) electrons. The Morgan fingerprint density at radius 1 is 1.46 bits per heavy atom. The van der Waals surface area contributed by atoms with Crippen molar-refractivity contribution in [1.82, 2.24) is 14.9 Å². The second-order valence-corrected chi connectivity index (χ2v) is 8.66. The van der Waals surface area contributed by atoms with E-state index in [4.69, 9.17) is 9.72 Å². The highest BCUT2D eigenvalue weighted by molar-refractivity contribution is 5.76. The van der Waals surface area contributed by atoms with Crippen LogP contribution in [0.1, 0.15) is 57.2 Å². The van der Waals surface area contributed by atoms with Crippen LogP contribution >= 0.6 is 0 Å². The van der Waals surface area contributed by atoms with Crippen LogP contribution in [0.25, 0.3) is 0 Å². The Balaban J connectivity index is 1.49. The molecule has 1 saturated heterocycles. The molecular weight excluding hydrogens is 328 g/mol. The van der Waals surface area contributed by atoms with E-state index in [0.717, 1.165) is 55.6 Å². The van der Waals surface area contributed by atoms with Crippen LogP contribution < -0.4 is 5.32 Å². The third kappa shape index (κ3) is 3.70. The fourth-order valence-electron chi connectivity index (χ4n) is 4.01. The average Bonchev–Trinajstić information content (AvgIpc) is 3.38. The molecule has 1 atom stereocenters. The predicted molar refractivity (Wildman–Crippen MR) is 99.8 cm³/mol. The fraction of sp³-hybridized carbons (Fsp3) is 0.750. The number of hydrogen-bond acceptors (Lipinski definition) is 5. The summed E-state index contributed by atoms with van der Waals surface area (Å²) in [5.74, 6) is 2.33. The third-order valence-electron chi connectivity index (χ3n) is 5.89. The molecule has 6 heteroatoms. The summed E-state index contributed by atoms with van der Waals surface area (Å²) in [6, 6.07) is 0. The molecule has 1 N–H and O–H groups in total. The fourth-order valence-corrected chi connectivity index (χ4v) is 4.01. The van der Waals surface area contributed by atoms with Crippen LogP contribution in [0.15, 0.2) is 6.20 Å². The summed E-state index contributed by atoms with van der Waals surface area (Å²) in [4.78, 5) is 23.9. The van der Waals surface area contributed by atoms with Crippen molar-refractivity contribution in [2.45, 2.75) is 58.0 Å². The van der Waals surface area contributed by atoms with Crippen molar-refractivity contribution >= 4 is 11.9 Å². The Morgan fingerprint density at radius 3 is 3.08 bits per heavy atom. The van der Waals surface area contributed by atoms with Gasteiger partial charge in [-0.2, -0.15) is 0 Å². The number of ether oxygens (including phenoxy) is 1. The van der Waals surface area contributed by atoms with Crippen LogP contribution in [0.5, 0.6) is 0 Å². The van der Waals surface area contributed by atoms with Gasteiger partial charge in [0.2, 0.25) is 11.9 Å². The number of nitrogens with one attached hydrogen (secondary N) is 1. The Hall–Kier alpha value is -1.69. The molecule has 0 unspecified atom stereocenters. The number of hydrogen-bond donors (Lipinski definition) is 1. The van der Waals surface area contributed by atoms with Gasteiger partial charge in [0, 0.05) is 37.8 Å². The van der Waals surface area contributed by atoms with E-state index < -0.39 is 0 Å². The molecule has 1 aliphatic carbocycles. The zero-order chi connectivity index (χ0) is 18.1. The van der Waals surface area contributed by atoms with E-state index in [1.165, 1.54) is 12.8 Å². The first-order valence-corrected chi connectivity index (χ1v) is 10.0. The van der Waals surface area contributed by atoms with Crippen molar-refractivity contribution in [2.24, 2.45) is 11.8 Å². The molecule has 1 saturated carbocycles. The van der Waals surface area contributed by atoms with Crippen molar-refractivity contribution in [3.63, 3.8) is 0 Å². The molecule has 3 aliphatic rings. The Morgan fingerprint density at radius 2 is 2.31 bits per heavy atom. The number of amides is 1. The molecule has 0 aromatic carbocycles. The number of anilines is 1. The minimum absolute atomic E-state index is 0.167. The van der Waals surface area contributed by atoms with E-state index >= 15 is 0 Å². The molecule has 142 valence electrons. The van der Waals surface area contributed by atoms with E-state index in [0.29, 0.717) is 25.6 Å². The minimum atomic E-state index is -0.167. The van der Waals surface area contributed by atoms with Gasteiger partial charge in [-0.05, 0) is 37.5 Å². The van der Waals surface area contributed by atoms with Crippen LogP contribution in [0.3, 0.4) is 0 Å². The SMILES string of the molecule is CC(C)CCC(=O)N1CC[C@@]2(COCc3cnc(NCC4CC4)nc32)C1. The number of aromatic nitrogens is 2. The van der Waals surface area contributed by atoms with Crippen molar-refractivity contribution in [1.29, 1.82) is 0 Å². The summed E-state index contributed by atoms with van der Waals surface area (Å²) >= 11 is 0. The highest BCUT2D eigenvalue weighted by Gasteiger charge is 2.46. The van der Waals surface area contributed by atoms with Crippen LogP contribution in [0.2, 0.25) is 0 Å². The van der Waals surface area contributed by atoms with Gasteiger partial charge in [-0.3, -0.25) is 4.79 Å². The summed E-state index contributed by atoms with van der Waals surface area (Å²) in [5.41, 5.74) is 2.00. The normalized spacial score (nSPS) is 25.0. The summed E-state index contributed by atoms with van der Waals surface area (Å²) in [7, 11) is 0. The van der Waals surface area contributed by atoms with Gasteiger partial charge in [-0.15, -0.1) is 0 Å². The topological polar surface area (TPSA) is 67.4 Å². The zero-order valence-electron chi connectivity index (χ0n) is 16.0. The first-order chi connectivity index (χ1) is 12.6. The summed E-state index contributed by atoms with van der Waals surface area (Å²) < 4.78 is 5.87. The highest BCUT2D eigenvalue weighted by Crippen LogP contribution is 2.39. The Labute approximate surface area is 155 Å². The number of carbonyl (C=O) groups is 1. The lowest BCUT2D eigenvalue weighted by Gasteiger charge is -2.34. The van der Waals surface area contributed by atoms with Crippen LogP contribution in [-0.2, 0) is 21.6 Å². The molecule has 26 heavy (non-hydrogen) atoms. The van der Waals surface area contributed by atoms with Gasteiger partial charge in [-0.1, -0.05) is 13.8 Å². The molecule has 0 bridgehead atoms. The molecule has 1 aromatic rings. The van der Waals surface area contributed by atoms with E-state index in [1.807, 2.05) is 11.1 Å². The molecule has 1 aromatic heterocycles. The monoisotopic (exact) mass is 358 g/mol. The maximum absolute atomic E-state index is 12.6. The molecule has 3 heterocycles. The molecular formula is C20H30N4O2. The lowest BCUT2D eigenvalue weighted by atomic mass is 9.80. The van der Waals surface area contributed by atoms with Crippen molar-refractivity contribution in [2.75, 3.05) is 31.6 Å². The second-order valence-electron chi connectivity index (χ2n) is 8.66. The predicted octanol–water partition coefficient (Wildman–Crippen LogP) is 2.74. The summed E-state index contributed by atoms with van der Waals surface area (Å²) in [6.07, 6.45) is 7.03. The van der Waals surface area contributed by atoms with Gasteiger partial charge in [0.25, 0.3) is 0 Å². The van der Waals surface area contributed by atoms with Crippen LogP contribution in [-0.4, -0.2) is 47.0 Å². The molecule has 4 rings (SSSR count). The van der Waals surface area contributed by atoms with E-state index in [1.54, 1.807) is 0 Å². The average molecular weight is 358 g/mol. The highest BCUT2D eigenvalue weighted by atomic mass is 16.5. The lowest BCUT2D eigenvalue weighted by Crippen LogP contribution is -2.41. The molecule has 6 nitrogen and oxygen atoms in total.